The minimum absolute atomic E-state index is 0.263. The molecule has 0 heterocycles. The number of carbonyl (C=O) groups excluding carboxylic acids is 1. The third-order valence-corrected chi connectivity index (χ3v) is 3.16. The van der Waals surface area contributed by atoms with Crippen LogP contribution in [0.4, 0.5) is 8.78 Å². The summed E-state index contributed by atoms with van der Waals surface area (Å²) in [5, 5.41) is 2.63. The SMILES string of the molecule is CCCC(CCCl)CNC(=O)c1cc(F)ccc1F. The van der Waals surface area contributed by atoms with E-state index in [1.807, 2.05) is 0 Å². The Balaban J connectivity index is 2.61. The summed E-state index contributed by atoms with van der Waals surface area (Å²) >= 11 is 5.69. The molecule has 1 amide bonds. The Hall–Kier alpha value is -1.16. The molecule has 0 saturated heterocycles. The van der Waals surface area contributed by atoms with Crippen molar-refractivity contribution in [3.05, 3.63) is 35.4 Å². The average molecular weight is 290 g/mol. The number of hydrogen-bond donors (Lipinski definition) is 1. The number of halogens is 3. The number of alkyl halides is 1. The first kappa shape index (κ1) is 15.9. The van der Waals surface area contributed by atoms with Crippen LogP contribution in [0.5, 0.6) is 0 Å². The van der Waals surface area contributed by atoms with E-state index in [0.717, 1.165) is 37.5 Å². The average Bonchev–Trinajstić information content (AvgIpc) is 2.39. The molecule has 1 aromatic rings. The van der Waals surface area contributed by atoms with Crippen molar-refractivity contribution in [2.45, 2.75) is 26.2 Å². The molecular formula is C14H18ClF2NO. The van der Waals surface area contributed by atoms with Gasteiger partial charge < -0.3 is 5.32 Å². The Morgan fingerprint density at radius 2 is 2.11 bits per heavy atom. The Morgan fingerprint density at radius 1 is 1.37 bits per heavy atom. The lowest BCUT2D eigenvalue weighted by Crippen LogP contribution is -2.30. The highest BCUT2D eigenvalue weighted by atomic mass is 35.5. The molecule has 0 spiro atoms. The topological polar surface area (TPSA) is 29.1 Å². The number of benzene rings is 1. The van der Waals surface area contributed by atoms with Crippen LogP contribution < -0.4 is 5.32 Å². The minimum Gasteiger partial charge on any atom is -0.352 e. The normalized spacial score (nSPS) is 12.2. The lowest BCUT2D eigenvalue weighted by atomic mass is 10.0. The predicted molar refractivity (Wildman–Crippen MR) is 72.4 cm³/mol. The summed E-state index contributed by atoms with van der Waals surface area (Å²) in [4.78, 5) is 11.8. The second kappa shape index (κ2) is 8.10. The van der Waals surface area contributed by atoms with E-state index in [9.17, 15) is 13.6 Å². The molecule has 0 aliphatic rings. The third-order valence-electron chi connectivity index (χ3n) is 2.94. The van der Waals surface area contributed by atoms with Crippen LogP contribution in [0.1, 0.15) is 36.5 Å². The zero-order valence-electron chi connectivity index (χ0n) is 10.9. The van der Waals surface area contributed by atoms with E-state index in [0.29, 0.717) is 12.4 Å². The second-order valence-corrected chi connectivity index (χ2v) is 4.84. The number of rotatable bonds is 7. The number of hydrogen-bond acceptors (Lipinski definition) is 1. The molecule has 1 atom stereocenters. The summed E-state index contributed by atoms with van der Waals surface area (Å²) < 4.78 is 26.4. The van der Waals surface area contributed by atoms with E-state index in [1.165, 1.54) is 0 Å². The van der Waals surface area contributed by atoms with Gasteiger partial charge in [-0.15, -0.1) is 11.6 Å². The van der Waals surface area contributed by atoms with E-state index in [-0.39, 0.29) is 11.5 Å². The van der Waals surface area contributed by atoms with Crippen molar-refractivity contribution in [2.24, 2.45) is 5.92 Å². The maximum atomic E-state index is 13.4. The molecule has 1 rings (SSSR count). The molecule has 19 heavy (non-hydrogen) atoms. The van der Waals surface area contributed by atoms with Crippen molar-refractivity contribution >= 4 is 17.5 Å². The summed E-state index contributed by atoms with van der Waals surface area (Å²) in [5.41, 5.74) is -0.263. The Labute approximate surface area is 117 Å². The molecule has 106 valence electrons. The summed E-state index contributed by atoms with van der Waals surface area (Å²) in [6.45, 7) is 2.48. The van der Waals surface area contributed by atoms with Gasteiger partial charge in [-0.2, -0.15) is 0 Å². The maximum absolute atomic E-state index is 13.4. The molecule has 0 aliphatic carbocycles. The lowest BCUT2D eigenvalue weighted by molar-refractivity contribution is 0.0941. The molecule has 0 radical (unpaired) electrons. The molecule has 0 fully saturated rings. The van der Waals surface area contributed by atoms with Gasteiger partial charge >= 0.3 is 0 Å². The molecule has 0 bridgehead atoms. The fraction of sp³-hybridized carbons (Fsp3) is 0.500. The van der Waals surface area contributed by atoms with Crippen LogP contribution in [-0.4, -0.2) is 18.3 Å². The summed E-state index contributed by atoms with van der Waals surface area (Å²) in [6, 6.07) is 2.84. The summed E-state index contributed by atoms with van der Waals surface area (Å²) in [6.07, 6.45) is 2.73. The molecule has 5 heteroatoms. The minimum atomic E-state index is -0.719. The van der Waals surface area contributed by atoms with Crippen LogP contribution >= 0.6 is 11.6 Å². The van der Waals surface area contributed by atoms with Crippen LogP contribution in [0.25, 0.3) is 0 Å². The molecule has 1 N–H and O–H groups in total. The maximum Gasteiger partial charge on any atom is 0.254 e. The van der Waals surface area contributed by atoms with Gasteiger partial charge in [0.1, 0.15) is 11.6 Å². The largest absolute Gasteiger partial charge is 0.352 e. The number of carbonyl (C=O) groups is 1. The van der Waals surface area contributed by atoms with Gasteiger partial charge in [0.25, 0.3) is 5.91 Å². The highest BCUT2D eigenvalue weighted by Gasteiger charge is 2.14. The van der Waals surface area contributed by atoms with Crippen LogP contribution in [0, 0.1) is 17.6 Å². The zero-order valence-corrected chi connectivity index (χ0v) is 11.6. The van der Waals surface area contributed by atoms with Gasteiger partial charge in [-0.1, -0.05) is 13.3 Å². The van der Waals surface area contributed by atoms with Crippen molar-refractivity contribution in [2.75, 3.05) is 12.4 Å². The molecule has 0 aliphatic heterocycles. The van der Waals surface area contributed by atoms with Crippen molar-refractivity contribution in [1.82, 2.24) is 5.32 Å². The standard InChI is InChI=1S/C14H18ClF2NO/c1-2-3-10(6-7-15)9-18-14(19)12-8-11(16)4-5-13(12)17/h4-5,8,10H,2-3,6-7,9H2,1H3,(H,18,19). The molecule has 0 saturated carbocycles. The first-order valence-electron chi connectivity index (χ1n) is 6.37. The van der Waals surface area contributed by atoms with Crippen molar-refractivity contribution in [3.8, 4) is 0 Å². The van der Waals surface area contributed by atoms with Gasteiger partial charge in [-0.25, -0.2) is 8.78 Å². The summed E-state index contributed by atoms with van der Waals surface area (Å²) in [7, 11) is 0. The van der Waals surface area contributed by atoms with Crippen LogP contribution in [-0.2, 0) is 0 Å². The van der Waals surface area contributed by atoms with Crippen LogP contribution in [0.3, 0.4) is 0 Å². The van der Waals surface area contributed by atoms with E-state index < -0.39 is 17.5 Å². The monoisotopic (exact) mass is 289 g/mol. The predicted octanol–water partition coefficient (Wildman–Crippen LogP) is 3.74. The quantitative estimate of drug-likeness (QED) is 0.761. The van der Waals surface area contributed by atoms with E-state index >= 15 is 0 Å². The molecular weight excluding hydrogens is 272 g/mol. The van der Waals surface area contributed by atoms with Gasteiger partial charge in [-0.3, -0.25) is 4.79 Å². The highest BCUT2D eigenvalue weighted by molar-refractivity contribution is 6.17. The van der Waals surface area contributed by atoms with Crippen molar-refractivity contribution in [3.63, 3.8) is 0 Å². The molecule has 0 aromatic heterocycles. The Morgan fingerprint density at radius 3 is 2.74 bits per heavy atom. The molecule has 1 aromatic carbocycles. The molecule has 1 unspecified atom stereocenters. The smallest absolute Gasteiger partial charge is 0.254 e. The van der Waals surface area contributed by atoms with E-state index in [1.54, 1.807) is 0 Å². The van der Waals surface area contributed by atoms with E-state index in [2.05, 4.69) is 12.2 Å². The zero-order chi connectivity index (χ0) is 14.3. The Bertz CT molecular complexity index is 420. The highest BCUT2D eigenvalue weighted by Crippen LogP contribution is 2.13. The fourth-order valence-electron chi connectivity index (χ4n) is 1.91. The number of nitrogens with one attached hydrogen (secondary N) is 1. The van der Waals surface area contributed by atoms with Gasteiger partial charge in [0.15, 0.2) is 0 Å². The third kappa shape index (κ3) is 5.15. The van der Waals surface area contributed by atoms with Crippen LogP contribution in [0.15, 0.2) is 18.2 Å². The fourth-order valence-corrected chi connectivity index (χ4v) is 2.22. The van der Waals surface area contributed by atoms with Gasteiger partial charge in [0.2, 0.25) is 0 Å². The molecule has 2 nitrogen and oxygen atoms in total. The second-order valence-electron chi connectivity index (χ2n) is 4.47. The number of amides is 1. The first-order chi connectivity index (χ1) is 9.08. The van der Waals surface area contributed by atoms with Crippen LogP contribution in [0.2, 0.25) is 0 Å². The Kier molecular flexibility index (Phi) is 6.78. The first-order valence-corrected chi connectivity index (χ1v) is 6.91. The van der Waals surface area contributed by atoms with Gasteiger partial charge in [0, 0.05) is 12.4 Å². The van der Waals surface area contributed by atoms with Gasteiger partial charge in [0.05, 0.1) is 5.56 Å². The van der Waals surface area contributed by atoms with E-state index in [4.69, 9.17) is 11.6 Å². The van der Waals surface area contributed by atoms with Gasteiger partial charge in [-0.05, 0) is 37.0 Å². The van der Waals surface area contributed by atoms with Crippen molar-refractivity contribution < 1.29 is 13.6 Å². The summed E-state index contributed by atoms with van der Waals surface area (Å²) in [5.74, 6) is -1.15. The lowest BCUT2D eigenvalue weighted by Gasteiger charge is -2.15. The van der Waals surface area contributed by atoms with Crippen molar-refractivity contribution in [1.29, 1.82) is 0 Å².